The molecule has 1 unspecified atom stereocenters. The quantitative estimate of drug-likeness (QED) is 0.663. The standard InChI is InChI=1S/C13H13F4NO/c1-12(5-2-6-18-12)11(19)8-3-4-10(14)9(7-8)13(15,16)17/h3-4,7,18H,2,5-6H2,1H3. The number of hydrogen-bond acceptors (Lipinski definition) is 2. The fourth-order valence-corrected chi connectivity index (χ4v) is 2.29. The van der Waals surface area contributed by atoms with Crippen LogP contribution < -0.4 is 5.32 Å². The van der Waals surface area contributed by atoms with Crippen LogP contribution >= 0.6 is 0 Å². The fraction of sp³-hybridized carbons (Fsp3) is 0.462. The van der Waals surface area contributed by atoms with E-state index in [4.69, 9.17) is 0 Å². The predicted molar refractivity (Wildman–Crippen MR) is 61.4 cm³/mol. The van der Waals surface area contributed by atoms with Gasteiger partial charge in [0.25, 0.3) is 0 Å². The van der Waals surface area contributed by atoms with Gasteiger partial charge in [-0.2, -0.15) is 13.2 Å². The van der Waals surface area contributed by atoms with Crippen molar-refractivity contribution in [2.45, 2.75) is 31.5 Å². The molecule has 0 spiro atoms. The molecule has 19 heavy (non-hydrogen) atoms. The number of benzene rings is 1. The van der Waals surface area contributed by atoms with Crippen LogP contribution in [0.25, 0.3) is 0 Å². The Hall–Kier alpha value is -1.43. The molecule has 2 rings (SSSR count). The van der Waals surface area contributed by atoms with Crippen molar-refractivity contribution >= 4 is 5.78 Å². The molecule has 1 fully saturated rings. The van der Waals surface area contributed by atoms with Gasteiger partial charge in [0.15, 0.2) is 5.78 Å². The van der Waals surface area contributed by atoms with E-state index in [0.29, 0.717) is 25.1 Å². The first-order valence-electron chi connectivity index (χ1n) is 5.91. The van der Waals surface area contributed by atoms with Crippen LogP contribution in [0.15, 0.2) is 18.2 Å². The summed E-state index contributed by atoms with van der Waals surface area (Å²) in [6.07, 6.45) is -3.45. The zero-order valence-corrected chi connectivity index (χ0v) is 10.3. The molecule has 0 bridgehead atoms. The SMILES string of the molecule is CC1(C(=O)c2ccc(F)c(C(F)(F)F)c2)CCCN1. The van der Waals surface area contributed by atoms with E-state index in [-0.39, 0.29) is 5.56 Å². The first-order valence-corrected chi connectivity index (χ1v) is 5.91. The number of Topliss-reactive ketones (excluding diaryl/α,β-unsaturated/α-hetero) is 1. The van der Waals surface area contributed by atoms with Crippen molar-refractivity contribution in [1.82, 2.24) is 5.32 Å². The highest BCUT2D eigenvalue weighted by Gasteiger charge is 2.39. The molecule has 0 aromatic heterocycles. The third-order valence-electron chi connectivity index (χ3n) is 3.40. The number of alkyl halides is 3. The third-order valence-corrected chi connectivity index (χ3v) is 3.40. The minimum atomic E-state index is -4.80. The summed E-state index contributed by atoms with van der Waals surface area (Å²) in [5, 5.41) is 2.98. The number of hydrogen-bond donors (Lipinski definition) is 1. The van der Waals surface area contributed by atoms with Crippen molar-refractivity contribution in [3.63, 3.8) is 0 Å². The lowest BCUT2D eigenvalue weighted by Gasteiger charge is -2.23. The summed E-state index contributed by atoms with van der Waals surface area (Å²) in [5.74, 6) is -1.80. The smallest absolute Gasteiger partial charge is 0.305 e. The van der Waals surface area contributed by atoms with Gasteiger partial charge in [-0.25, -0.2) is 4.39 Å². The zero-order valence-electron chi connectivity index (χ0n) is 10.3. The summed E-state index contributed by atoms with van der Waals surface area (Å²) < 4.78 is 50.9. The van der Waals surface area contributed by atoms with Gasteiger partial charge in [0.2, 0.25) is 0 Å². The second kappa shape index (κ2) is 4.59. The topological polar surface area (TPSA) is 29.1 Å². The Balaban J connectivity index is 2.39. The highest BCUT2D eigenvalue weighted by molar-refractivity contribution is 6.03. The molecule has 1 aliphatic heterocycles. The van der Waals surface area contributed by atoms with Gasteiger partial charge in [-0.3, -0.25) is 4.79 Å². The van der Waals surface area contributed by atoms with Gasteiger partial charge < -0.3 is 5.32 Å². The minimum Gasteiger partial charge on any atom is -0.305 e. The Morgan fingerprint density at radius 1 is 1.37 bits per heavy atom. The maximum absolute atomic E-state index is 13.2. The average molecular weight is 275 g/mol. The van der Waals surface area contributed by atoms with Crippen LogP contribution in [-0.2, 0) is 6.18 Å². The van der Waals surface area contributed by atoms with Crippen molar-refractivity contribution in [3.8, 4) is 0 Å². The predicted octanol–water partition coefficient (Wildman–Crippen LogP) is 3.17. The van der Waals surface area contributed by atoms with Crippen LogP contribution in [0.1, 0.15) is 35.7 Å². The Morgan fingerprint density at radius 3 is 2.58 bits per heavy atom. The van der Waals surface area contributed by atoms with Crippen LogP contribution in [0.4, 0.5) is 17.6 Å². The van der Waals surface area contributed by atoms with Gasteiger partial charge in [0.1, 0.15) is 5.82 Å². The van der Waals surface area contributed by atoms with Gasteiger partial charge in [0, 0.05) is 5.56 Å². The van der Waals surface area contributed by atoms with Gasteiger partial charge in [0.05, 0.1) is 11.1 Å². The third kappa shape index (κ3) is 2.63. The van der Waals surface area contributed by atoms with Crippen molar-refractivity contribution < 1.29 is 22.4 Å². The lowest BCUT2D eigenvalue weighted by atomic mass is 9.89. The fourth-order valence-electron chi connectivity index (χ4n) is 2.29. The summed E-state index contributed by atoms with van der Waals surface area (Å²) in [7, 11) is 0. The Morgan fingerprint density at radius 2 is 2.05 bits per heavy atom. The average Bonchev–Trinajstić information content (AvgIpc) is 2.76. The largest absolute Gasteiger partial charge is 0.419 e. The molecule has 1 atom stereocenters. The molecular weight excluding hydrogens is 262 g/mol. The Kier molecular flexibility index (Phi) is 3.38. The van der Waals surface area contributed by atoms with E-state index in [1.165, 1.54) is 0 Å². The molecule has 1 aromatic carbocycles. The number of carbonyl (C=O) groups is 1. The monoisotopic (exact) mass is 275 g/mol. The summed E-state index contributed by atoms with van der Waals surface area (Å²) in [6.45, 7) is 2.30. The minimum absolute atomic E-state index is 0.120. The number of rotatable bonds is 2. The van der Waals surface area contributed by atoms with E-state index in [9.17, 15) is 22.4 Å². The van der Waals surface area contributed by atoms with Crippen molar-refractivity contribution in [3.05, 3.63) is 35.1 Å². The molecule has 1 N–H and O–H groups in total. The van der Waals surface area contributed by atoms with E-state index in [0.717, 1.165) is 12.5 Å². The number of nitrogens with one attached hydrogen (secondary N) is 1. The summed E-state index contributed by atoms with van der Waals surface area (Å²) in [4.78, 5) is 12.2. The molecular formula is C13H13F4NO. The van der Waals surface area contributed by atoms with Crippen molar-refractivity contribution in [2.75, 3.05) is 6.54 Å². The molecule has 0 amide bonds. The zero-order chi connectivity index (χ0) is 14.3. The van der Waals surface area contributed by atoms with Crippen LogP contribution in [0.2, 0.25) is 0 Å². The van der Waals surface area contributed by atoms with E-state index >= 15 is 0 Å². The first-order chi connectivity index (χ1) is 8.74. The lowest BCUT2D eigenvalue weighted by Crippen LogP contribution is -2.44. The van der Waals surface area contributed by atoms with E-state index < -0.39 is 28.9 Å². The van der Waals surface area contributed by atoms with Crippen LogP contribution in [0, 0.1) is 5.82 Å². The molecule has 6 heteroatoms. The van der Waals surface area contributed by atoms with Gasteiger partial charge >= 0.3 is 6.18 Å². The van der Waals surface area contributed by atoms with Crippen molar-refractivity contribution in [1.29, 1.82) is 0 Å². The first kappa shape index (κ1) is 14.0. The van der Waals surface area contributed by atoms with E-state index in [2.05, 4.69) is 5.32 Å². The normalized spacial score (nSPS) is 23.6. The molecule has 0 saturated carbocycles. The molecule has 0 radical (unpaired) electrons. The number of halogens is 4. The molecule has 0 aliphatic carbocycles. The van der Waals surface area contributed by atoms with Crippen LogP contribution in [-0.4, -0.2) is 17.9 Å². The molecule has 2 nitrogen and oxygen atoms in total. The van der Waals surface area contributed by atoms with E-state index in [1.807, 2.05) is 0 Å². The summed E-state index contributed by atoms with van der Waals surface area (Å²) >= 11 is 0. The van der Waals surface area contributed by atoms with Gasteiger partial charge in [-0.05, 0) is 44.5 Å². The highest BCUT2D eigenvalue weighted by Crippen LogP contribution is 2.33. The Labute approximate surface area is 107 Å². The maximum atomic E-state index is 13.2. The lowest BCUT2D eigenvalue weighted by molar-refractivity contribution is -0.140. The van der Waals surface area contributed by atoms with Crippen molar-refractivity contribution in [2.24, 2.45) is 0 Å². The summed E-state index contributed by atoms with van der Waals surface area (Å²) in [5.41, 5.74) is -2.38. The summed E-state index contributed by atoms with van der Waals surface area (Å²) in [6, 6.07) is 2.37. The van der Waals surface area contributed by atoms with Crippen LogP contribution in [0.3, 0.4) is 0 Å². The maximum Gasteiger partial charge on any atom is 0.419 e. The second-order valence-corrected chi connectivity index (χ2v) is 4.88. The molecule has 1 aromatic rings. The number of carbonyl (C=O) groups excluding carboxylic acids is 1. The second-order valence-electron chi connectivity index (χ2n) is 4.88. The number of ketones is 1. The Bertz CT molecular complexity index is 504. The van der Waals surface area contributed by atoms with Crippen LogP contribution in [0.5, 0.6) is 0 Å². The molecule has 1 heterocycles. The molecule has 1 aliphatic rings. The highest BCUT2D eigenvalue weighted by atomic mass is 19.4. The molecule has 104 valence electrons. The van der Waals surface area contributed by atoms with E-state index in [1.54, 1.807) is 6.92 Å². The molecule has 1 saturated heterocycles. The van der Waals surface area contributed by atoms with Gasteiger partial charge in [-0.1, -0.05) is 0 Å². The van der Waals surface area contributed by atoms with Gasteiger partial charge in [-0.15, -0.1) is 0 Å².